The molecule has 5 nitrogen and oxygen atoms in total. The standard InChI is InChI=1S/C15H17FN2O3/c1-3-18(4-2)15(19)13-9-21-14(17-13)10-20-12-7-5-6-11(16)8-12/h5-9H,3-4,10H2,1-2H3. The van der Waals surface area contributed by atoms with E-state index >= 15 is 0 Å². The van der Waals surface area contributed by atoms with E-state index in [9.17, 15) is 9.18 Å². The lowest BCUT2D eigenvalue weighted by atomic mass is 10.3. The van der Waals surface area contributed by atoms with Crippen LogP contribution in [-0.2, 0) is 6.61 Å². The first-order valence-electron chi connectivity index (χ1n) is 6.76. The molecule has 21 heavy (non-hydrogen) atoms. The number of halogens is 1. The number of benzene rings is 1. The van der Waals surface area contributed by atoms with Gasteiger partial charge in [0.25, 0.3) is 5.91 Å². The zero-order valence-electron chi connectivity index (χ0n) is 12.0. The Morgan fingerprint density at radius 2 is 2.14 bits per heavy atom. The zero-order valence-corrected chi connectivity index (χ0v) is 12.0. The maximum Gasteiger partial charge on any atom is 0.275 e. The largest absolute Gasteiger partial charge is 0.484 e. The van der Waals surface area contributed by atoms with Gasteiger partial charge in [0.2, 0.25) is 5.89 Å². The number of hydrogen-bond donors (Lipinski definition) is 0. The van der Waals surface area contributed by atoms with Gasteiger partial charge in [-0.1, -0.05) is 6.07 Å². The van der Waals surface area contributed by atoms with Crippen molar-refractivity contribution in [1.82, 2.24) is 9.88 Å². The molecule has 112 valence electrons. The van der Waals surface area contributed by atoms with Crippen LogP contribution in [0.2, 0.25) is 0 Å². The molecule has 0 N–H and O–H groups in total. The van der Waals surface area contributed by atoms with Crippen molar-refractivity contribution >= 4 is 5.91 Å². The smallest absolute Gasteiger partial charge is 0.275 e. The van der Waals surface area contributed by atoms with E-state index < -0.39 is 0 Å². The van der Waals surface area contributed by atoms with Gasteiger partial charge in [0.15, 0.2) is 12.3 Å². The Balaban J connectivity index is 1.98. The molecule has 2 rings (SSSR count). The summed E-state index contributed by atoms with van der Waals surface area (Å²) in [5.41, 5.74) is 0.247. The molecular formula is C15H17FN2O3. The summed E-state index contributed by atoms with van der Waals surface area (Å²) in [6.45, 7) is 5.05. The van der Waals surface area contributed by atoms with Gasteiger partial charge in [-0.25, -0.2) is 9.37 Å². The van der Waals surface area contributed by atoms with Crippen molar-refractivity contribution in [1.29, 1.82) is 0 Å². The second kappa shape index (κ2) is 6.88. The minimum absolute atomic E-state index is 0.0367. The predicted molar refractivity (Wildman–Crippen MR) is 74.5 cm³/mol. The highest BCUT2D eigenvalue weighted by Crippen LogP contribution is 2.14. The maximum atomic E-state index is 13.0. The van der Waals surface area contributed by atoms with Crippen LogP contribution in [0.4, 0.5) is 4.39 Å². The van der Waals surface area contributed by atoms with Crippen molar-refractivity contribution in [2.45, 2.75) is 20.5 Å². The van der Waals surface area contributed by atoms with Gasteiger partial charge in [0.1, 0.15) is 17.8 Å². The second-order valence-corrected chi connectivity index (χ2v) is 4.35. The number of carbonyl (C=O) groups is 1. The van der Waals surface area contributed by atoms with Gasteiger partial charge < -0.3 is 14.1 Å². The molecule has 6 heteroatoms. The van der Waals surface area contributed by atoms with E-state index in [0.717, 1.165) is 0 Å². The fourth-order valence-corrected chi connectivity index (χ4v) is 1.85. The molecule has 1 amide bonds. The summed E-state index contributed by atoms with van der Waals surface area (Å²) in [5.74, 6) is 0.0950. The average Bonchev–Trinajstić information content (AvgIpc) is 2.95. The van der Waals surface area contributed by atoms with Crippen LogP contribution in [-0.4, -0.2) is 28.9 Å². The molecule has 0 radical (unpaired) electrons. The molecule has 0 aliphatic heterocycles. The minimum Gasteiger partial charge on any atom is -0.484 e. The van der Waals surface area contributed by atoms with Crippen LogP contribution >= 0.6 is 0 Å². The Morgan fingerprint density at radius 3 is 2.81 bits per heavy atom. The van der Waals surface area contributed by atoms with Gasteiger partial charge >= 0.3 is 0 Å². The van der Waals surface area contributed by atoms with Crippen LogP contribution in [0.15, 0.2) is 34.9 Å². The summed E-state index contributed by atoms with van der Waals surface area (Å²) in [4.78, 5) is 17.8. The van der Waals surface area contributed by atoms with Crippen molar-refractivity contribution in [2.24, 2.45) is 0 Å². The summed E-state index contributed by atoms with van der Waals surface area (Å²) >= 11 is 0. The molecule has 0 saturated carbocycles. The average molecular weight is 292 g/mol. The van der Waals surface area contributed by atoms with Crippen molar-refractivity contribution < 1.29 is 18.3 Å². The van der Waals surface area contributed by atoms with Crippen molar-refractivity contribution in [3.05, 3.63) is 47.9 Å². The van der Waals surface area contributed by atoms with Crippen LogP contribution in [0.5, 0.6) is 5.75 Å². The topological polar surface area (TPSA) is 55.6 Å². The normalized spacial score (nSPS) is 10.4. The van der Waals surface area contributed by atoms with E-state index in [2.05, 4.69) is 4.98 Å². The van der Waals surface area contributed by atoms with E-state index in [1.807, 2.05) is 13.8 Å². The SMILES string of the molecule is CCN(CC)C(=O)c1coc(COc2cccc(F)c2)n1. The molecule has 0 unspecified atom stereocenters. The van der Waals surface area contributed by atoms with Crippen LogP contribution in [0, 0.1) is 5.82 Å². The second-order valence-electron chi connectivity index (χ2n) is 4.35. The maximum absolute atomic E-state index is 13.0. The van der Waals surface area contributed by atoms with Crippen molar-refractivity contribution in [3.63, 3.8) is 0 Å². The van der Waals surface area contributed by atoms with Crippen LogP contribution < -0.4 is 4.74 Å². The lowest BCUT2D eigenvalue weighted by molar-refractivity contribution is 0.0767. The summed E-state index contributed by atoms with van der Waals surface area (Å²) in [6, 6.07) is 5.79. The lowest BCUT2D eigenvalue weighted by Gasteiger charge is -2.16. The Kier molecular flexibility index (Phi) is 4.92. The van der Waals surface area contributed by atoms with Gasteiger partial charge in [0.05, 0.1) is 0 Å². The van der Waals surface area contributed by atoms with Crippen LogP contribution in [0.25, 0.3) is 0 Å². The quantitative estimate of drug-likeness (QED) is 0.821. The molecule has 0 fully saturated rings. The molecule has 0 aliphatic rings. The molecule has 0 spiro atoms. The number of nitrogens with zero attached hydrogens (tertiary/aromatic N) is 2. The Morgan fingerprint density at radius 1 is 1.38 bits per heavy atom. The molecule has 0 atom stereocenters. The van der Waals surface area contributed by atoms with E-state index in [-0.39, 0.29) is 29.9 Å². The highest BCUT2D eigenvalue weighted by Gasteiger charge is 2.17. The highest BCUT2D eigenvalue weighted by molar-refractivity contribution is 5.91. The van der Waals surface area contributed by atoms with E-state index in [1.54, 1.807) is 17.0 Å². The first-order valence-corrected chi connectivity index (χ1v) is 6.76. The molecule has 0 saturated heterocycles. The third-order valence-electron chi connectivity index (χ3n) is 2.98. The van der Waals surface area contributed by atoms with Gasteiger partial charge in [0, 0.05) is 19.2 Å². The molecule has 0 bridgehead atoms. The number of oxazole rings is 1. The van der Waals surface area contributed by atoms with Gasteiger partial charge in [-0.15, -0.1) is 0 Å². The molecule has 1 aromatic carbocycles. The van der Waals surface area contributed by atoms with Gasteiger partial charge in [-0.3, -0.25) is 4.79 Å². The van der Waals surface area contributed by atoms with Crippen LogP contribution in [0.3, 0.4) is 0 Å². The Bertz CT molecular complexity index is 608. The zero-order chi connectivity index (χ0) is 15.2. The first kappa shape index (κ1) is 15.0. The summed E-state index contributed by atoms with van der Waals surface area (Å²) in [7, 11) is 0. The third kappa shape index (κ3) is 3.81. The molecule has 1 aromatic heterocycles. The van der Waals surface area contributed by atoms with E-state index in [0.29, 0.717) is 18.8 Å². The van der Waals surface area contributed by atoms with Gasteiger partial charge in [-0.2, -0.15) is 0 Å². The Hall–Kier alpha value is -2.37. The number of hydrogen-bond acceptors (Lipinski definition) is 4. The van der Waals surface area contributed by atoms with Gasteiger partial charge in [-0.05, 0) is 26.0 Å². The third-order valence-corrected chi connectivity index (χ3v) is 2.98. The van der Waals surface area contributed by atoms with Crippen LogP contribution in [0.1, 0.15) is 30.2 Å². The minimum atomic E-state index is -0.377. The number of carbonyl (C=O) groups excluding carboxylic acids is 1. The molecule has 1 heterocycles. The summed E-state index contributed by atoms with van der Waals surface area (Å²) in [6.07, 6.45) is 1.31. The monoisotopic (exact) mass is 292 g/mol. The fourth-order valence-electron chi connectivity index (χ4n) is 1.85. The number of ether oxygens (including phenoxy) is 1. The summed E-state index contributed by atoms with van der Waals surface area (Å²) < 4.78 is 23.6. The molecule has 0 aliphatic carbocycles. The van der Waals surface area contributed by atoms with Crippen molar-refractivity contribution in [2.75, 3.05) is 13.1 Å². The van der Waals surface area contributed by atoms with E-state index in [1.165, 1.54) is 18.4 Å². The first-order chi connectivity index (χ1) is 10.1. The number of amides is 1. The lowest BCUT2D eigenvalue weighted by Crippen LogP contribution is -2.30. The fraction of sp³-hybridized carbons (Fsp3) is 0.333. The Labute approximate surface area is 122 Å². The molecule has 2 aromatic rings. The number of aromatic nitrogens is 1. The van der Waals surface area contributed by atoms with Crippen molar-refractivity contribution in [3.8, 4) is 5.75 Å². The van der Waals surface area contributed by atoms with E-state index in [4.69, 9.17) is 9.15 Å². The molecular weight excluding hydrogens is 275 g/mol. The summed E-state index contributed by atoms with van der Waals surface area (Å²) in [5, 5.41) is 0. The predicted octanol–water partition coefficient (Wildman–Crippen LogP) is 2.87. The number of rotatable bonds is 6. The highest BCUT2D eigenvalue weighted by atomic mass is 19.1.